The van der Waals surface area contributed by atoms with Gasteiger partial charge in [0.05, 0.1) is 0 Å². The van der Waals surface area contributed by atoms with Gasteiger partial charge in [0.1, 0.15) is 5.82 Å². The smallest absolute Gasteiger partial charge is 0.127 e. The number of rotatable bonds is 4. The molecule has 1 unspecified atom stereocenters. The van der Waals surface area contributed by atoms with Gasteiger partial charge in [-0.25, -0.2) is 4.39 Å². The first-order valence-electron chi connectivity index (χ1n) is 5.60. The fourth-order valence-corrected chi connectivity index (χ4v) is 2.37. The molecular formula is C13H16ClFO. The molecule has 0 radical (unpaired) electrons. The van der Waals surface area contributed by atoms with E-state index in [0.29, 0.717) is 22.9 Å². The summed E-state index contributed by atoms with van der Waals surface area (Å²) in [5.74, 6) is 0.264. The Morgan fingerprint density at radius 3 is 2.69 bits per heavy atom. The van der Waals surface area contributed by atoms with Crippen LogP contribution in [-0.4, -0.2) is 11.7 Å². The highest BCUT2D eigenvalue weighted by Crippen LogP contribution is 2.47. The third kappa shape index (κ3) is 2.38. The lowest BCUT2D eigenvalue weighted by atomic mass is 9.79. The highest BCUT2D eigenvalue weighted by Gasteiger charge is 2.41. The lowest BCUT2D eigenvalue weighted by molar-refractivity contribution is 0.118. The van der Waals surface area contributed by atoms with Gasteiger partial charge < -0.3 is 5.11 Å². The molecule has 0 saturated heterocycles. The quantitative estimate of drug-likeness (QED) is 0.858. The molecular weight excluding hydrogens is 227 g/mol. The number of hydrogen-bond donors (Lipinski definition) is 1. The maximum atomic E-state index is 13.6. The highest BCUT2D eigenvalue weighted by atomic mass is 35.5. The molecule has 3 heteroatoms. The minimum absolute atomic E-state index is 0.111. The van der Waals surface area contributed by atoms with Gasteiger partial charge in [-0.05, 0) is 48.3 Å². The Hall–Kier alpha value is -0.600. The molecule has 88 valence electrons. The Bertz CT molecular complexity index is 390. The topological polar surface area (TPSA) is 20.2 Å². The van der Waals surface area contributed by atoms with Gasteiger partial charge in [-0.2, -0.15) is 0 Å². The molecule has 1 fully saturated rings. The van der Waals surface area contributed by atoms with Crippen LogP contribution in [0.4, 0.5) is 4.39 Å². The Morgan fingerprint density at radius 1 is 1.50 bits per heavy atom. The Labute approximate surface area is 100 Å². The molecule has 1 saturated carbocycles. The molecule has 1 aromatic rings. The van der Waals surface area contributed by atoms with E-state index in [4.69, 9.17) is 11.6 Å². The summed E-state index contributed by atoms with van der Waals surface area (Å²) in [5.41, 5.74) is 0.460. The lowest BCUT2D eigenvalue weighted by Crippen LogP contribution is -2.27. The molecule has 1 aliphatic carbocycles. The summed E-state index contributed by atoms with van der Waals surface area (Å²) in [6, 6.07) is 4.75. The van der Waals surface area contributed by atoms with Crippen molar-refractivity contribution in [1.29, 1.82) is 0 Å². The second-order valence-corrected chi connectivity index (χ2v) is 5.44. The number of aliphatic hydroxyl groups is 1. The second kappa shape index (κ2) is 4.34. The van der Waals surface area contributed by atoms with Gasteiger partial charge >= 0.3 is 0 Å². The summed E-state index contributed by atoms with van der Waals surface area (Å²) in [4.78, 5) is 0. The minimum atomic E-state index is -0.271. The Kier molecular flexibility index (Phi) is 3.22. The SMILES string of the molecule is CC(CO)(Cc1ccc(Cl)cc1F)C1CC1. The molecule has 1 nitrogen and oxygen atoms in total. The van der Waals surface area contributed by atoms with Gasteiger partial charge in [-0.1, -0.05) is 24.6 Å². The third-order valence-corrected chi connectivity index (χ3v) is 3.77. The molecule has 16 heavy (non-hydrogen) atoms. The number of benzene rings is 1. The van der Waals surface area contributed by atoms with Crippen molar-refractivity contribution in [3.05, 3.63) is 34.6 Å². The lowest BCUT2D eigenvalue weighted by Gasteiger charge is -2.27. The van der Waals surface area contributed by atoms with Crippen LogP contribution in [0.2, 0.25) is 5.02 Å². The second-order valence-electron chi connectivity index (χ2n) is 5.00. The van der Waals surface area contributed by atoms with Crippen LogP contribution in [0.25, 0.3) is 0 Å². The maximum absolute atomic E-state index is 13.6. The molecule has 1 aliphatic rings. The van der Waals surface area contributed by atoms with Crippen LogP contribution in [0.1, 0.15) is 25.3 Å². The molecule has 0 aliphatic heterocycles. The van der Waals surface area contributed by atoms with Crippen molar-refractivity contribution >= 4 is 11.6 Å². The van der Waals surface area contributed by atoms with Crippen molar-refractivity contribution in [2.75, 3.05) is 6.61 Å². The van der Waals surface area contributed by atoms with Gasteiger partial charge in [0.15, 0.2) is 0 Å². The predicted octanol–water partition coefficient (Wildman–Crippen LogP) is 3.43. The van der Waals surface area contributed by atoms with Gasteiger partial charge in [-0.15, -0.1) is 0 Å². The van der Waals surface area contributed by atoms with E-state index in [1.54, 1.807) is 12.1 Å². The molecule has 0 amide bonds. The number of hydrogen-bond acceptors (Lipinski definition) is 1. The monoisotopic (exact) mass is 242 g/mol. The summed E-state index contributed by atoms with van der Waals surface area (Å²) < 4.78 is 13.6. The molecule has 2 rings (SSSR count). The molecule has 0 spiro atoms. The summed E-state index contributed by atoms with van der Waals surface area (Å²) in [7, 11) is 0. The number of halogens is 2. The van der Waals surface area contributed by atoms with Crippen LogP contribution in [0.5, 0.6) is 0 Å². The van der Waals surface area contributed by atoms with Crippen LogP contribution >= 0.6 is 11.6 Å². The molecule has 0 heterocycles. The van der Waals surface area contributed by atoms with Gasteiger partial charge in [0.25, 0.3) is 0 Å². The van der Waals surface area contributed by atoms with Crippen molar-refractivity contribution in [1.82, 2.24) is 0 Å². The van der Waals surface area contributed by atoms with E-state index in [9.17, 15) is 9.50 Å². The molecule has 0 aromatic heterocycles. The zero-order chi connectivity index (χ0) is 11.8. The van der Waals surface area contributed by atoms with Crippen molar-refractivity contribution in [2.24, 2.45) is 11.3 Å². The van der Waals surface area contributed by atoms with Crippen LogP contribution < -0.4 is 0 Å². The first-order valence-corrected chi connectivity index (χ1v) is 5.98. The third-order valence-electron chi connectivity index (χ3n) is 3.53. The van der Waals surface area contributed by atoms with E-state index >= 15 is 0 Å². The standard InChI is InChI=1S/C13H16ClFO/c1-13(8-16,10-3-4-10)7-9-2-5-11(14)6-12(9)15/h2,5-6,10,16H,3-4,7-8H2,1H3. The predicted molar refractivity (Wildman–Crippen MR) is 63.0 cm³/mol. The summed E-state index contributed by atoms with van der Waals surface area (Å²) in [6.07, 6.45) is 2.87. The zero-order valence-corrected chi connectivity index (χ0v) is 10.1. The van der Waals surface area contributed by atoms with Gasteiger partial charge in [0, 0.05) is 11.6 Å². The van der Waals surface area contributed by atoms with Crippen LogP contribution in [0.3, 0.4) is 0 Å². The fourth-order valence-electron chi connectivity index (χ4n) is 2.21. The van der Waals surface area contributed by atoms with Gasteiger partial charge in [-0.3, -0.25) is 0 Å². The van der Waals surface area contributed by atoms with E-state index in [0.717, 1.165) is 12.8 Å². The molecule has 1 atom stereocenters. The largest absolute Gasteiger partial charge is 0.396 e. The minimum Gasteiger partial charge on any atom is -0.396 e. The van der Waals surface area contributed by atoms with Crippen LogP contribution in [0, 0.1) is 17.2 Å². The highest BCUT2D eigenvalue weighted by molar-refractivity contribution is 6.30. The molecule has 0 bridgehead atoms. The Morgan fingerprint density at radius 2 is 2.19 bits per heavy atom. The maximum Gasteiger partial charge on any atom is 0.127 e. The summed E-state index contributed by atoms with van der Waals surface area (Å²) >= 11 is 5.71. The van der Waals surface area contributed by atoms with Crippen LogP contribution in [-0.2, 0) is 6.42 Å². The first-order chi connectivity index (χ1) is 7.55. The fraction of sp³-hybridized carbons (Fsp3) is 0.538. The van der Waals surface area contributed by atoms with Gasteiger partial charge in [0.2, 0.25) is 0 Å². The molecule has 1 N–H and O–H groups in total. The first kappa shape index (κ1) is 11.9. The average molecular weight is 243 g/mol. The van der Waals surface area contributed by atoms with E-state index in [2.05, 4.69) is 0 Å². The van der Waals surface area contributed by atoms with E-state index in [1.807, 2.05) is 6.92 Å². The van der Waals surface area contributed by atoms with Crippen molar-refractivity contribution < 1.29 is 9.50 Å². The Balaban J connectivity index is 2.18. The zero-order valence-electron chi connectivity index (χ0n) is 9.34. The average Bonchev–Trinajstić information content (AvgIpc) is 3.06. The van der Waals surface area contributed by atoms with Crippen LogP contribution in [0.15, 0.2) is 18.2 Å². The normalized spacial score (nSPS) is 19.5. The van der Waals surface area contributed by atoms with Crippen molar-refractivity contribution in [3.8, 4) is 0 Å². The number of aliphatic hydroxyl groups excluding tert-OH is 1. The molecule has 1 aromatic carbocycles. The van der Waals surface area contributed by atoms with E-state index < -0.39 is 0 Å². The van der Waals surface area contributed by atoms with Crippen molar-refractivity contribution in [2.45, 2.75) is 26.2 Å². The van der Waals surface area contributed by atoms with Crippen molar-refractivity contribution in [3.63, 3.8) is 0 Å². The summed E-state index contributed by atoms with van der Waals surface area (Å²) in [6.45, 7) is 2.14. The van der Waals surface area contributed by atoms with E-state index in [1.165, 1.54) is 6.07 Å². The summed E-state index contributed by atoms with van der Waals surface area (Å²) in [5, 5.41) is 9.87. The van der Waals surface area contributed by atoms with E-state index in [-0.39, 0.29) is 17.8 Å².